The summed E-state index contributed by atoms with van der Waals surface area (Å²) in [5.74, 6) is 0.564. The van der Waals surface area contributed by atoms with Crippen LogP contribution in [0.4, 0.5) is 0 Å². The summed E-state index contributed by atoms with van der Waals surface area (Å²) < 4.78 is 6.70. The van der Waals surface area contributed by atoms with Crippen LogP contribution in [0.5, 0.6) is 0 Å². The van der Waals surface area contributed by atoms with Gasteiger partial charge < -0.3 is 9.32 Å². The van der Waals surface area contributed by atoms with Crippen molar-refractivity contribution < 1.29 is 9.21 Å². The van der Waals surface area contributed by atoms with Crippen molar-refractivity contribution in [2.24, 2.45) is 0 Å². The number of hydrogen-bond donors (Lipinski definition) is 0. The summed E-state index contributed by atoms with van der Waals surface area (Å²) in [4.78, 5) is 17.2. The number of aromatic nitrogens is 2. The molecule has 6 nitrogen and oxygen atoms in total. The van der Waals surface area contributed by atoms with Crippen molar-refractivity contribution in [2.75, 3.05) is 26.2 Å². The molecule has 1 fully saturated rings. The monoisotopic (exact) mass is 486 g/mol. The molecule has 1 aromatic heterocycles. The molecule has 1 atom stereocenters. The van der Waals surface area contributed by atoms with E-state index in [-0.39, 0.29) is 11.2 Å². The smallest absolute Gasteiger partial charge is 0.277 e. The predicted molar refractivity (Wildman–Crippen MR) is 121 cm³/mol. The van der Waals surface area contributed by atoms with E-state index >= 15 is 0 Å². The first kappa shape index (κ1) is 21.1. The topological polar surface area (TPSA) is 62.5 Å². The van der Waals surface area contributed by atoms with Crippen LogP contribution >= 0.6 is 27.7 Å². The first-order chi connectivity index (χ1) is 14.6. The highest BCUT2D eigenvalue weighted by Gasteiger charge is 2.27. The molecule has 0 radical (unpaired) electrons. The van der Waals surface area contributed by atoms with Gasteiger partial charge in [0.2, 0.25) is 11.8 Å². The van der Waals surface area contributed by atoms with Crippen molar-refractivity contribution in [3.05, 3.63) is 64.6 Å². The molecule has 30 heavy (non-hydrogen) atoms. The van der Waals surface area contributed by atoms with Crippen LogP contribution in [-0.2, 0) is 11.3 Å². The highest BCUT2D eigenvalue weighted by Crippen LogP contribution is 2.28. The Morgan fingerprint density at radius 3 is 2.60 bits per heavy atom. The zero-order valence-electron chi connectivity index (χ0n) is 16.7. The molecule has 0 saturated carbocycles. The summed E-state index contributed by atoms with van der Waals surface area (Å²) in [5.41, 5.74) is 2.15. The van der Waals surface area contributed by atoms with E-state index in [1.807, 2.05) is 42.2 Å². The largest absolute Gasteiger partial charge is 0.411 e. The van der Waals surface area contributed by atoms with E-state index < -0.39 is 0 Å². The average molecular weight is 487 g/mol. The van der Waals surface area contributed by atoms with Crippen molar-refractivity contribution in [1.82, 2.24) is 20.0 Å². The maximum absolute atomic E-state index is 12.9. The minimum atomic E-state index is -0.276. The van der Waals surface area contributed by atoms with Crippen molar-refractivity contribution >= 4 is 33.6 Å². The van der Waals surface area contributed by atoms with Crippen LogP contribution < -0.4 is 0 Å². The van der Waals surface area contributed by atoms with Gasteiger partial charge in [-0.3, -0.25) is 9.69 Å². The molecule has 8 heteroatoms. The van der Waals surface area contributed by atoms with Crippen molar-refractivity contribution in [3.63, 3.8) is 0 Å². The summed E-state index contributed by atoms with van der Waals surface area (Å²) in [6, 6.07) is 18.1. The van der Waals surface area contributed by atoms with E-state index in [4.69, 9.17) is 4.42 Å². The number of halogens is 1. The molecular formula is C22H23BrN4O2S. The SMILES string of the molecule is CC(Sc1nnc(-c2cccc(Br)c2)o1)C(=O)N1CCN(Cc2ccccc2)CC1. The van der Waals surface area contributed by atoms with Crippen LogP contribution in [0.1, 0.15) is 12.5 Å². The second-order valence-electron chi connectivity index (χ2n) is 7.23. The van der Waals surface area contributed by atoms with Gasteiger partial charge >= 0.3 is 0 Å². The molecule has 0 bridgehead atoms. The zero-order valence-corrected chi connectivity index (χ0v) is 19.1. The van der Waals surface area contributed by atoms with Crippen LogP contribution in [0.2, 0.25) is 0 Å². The molecule has 1 aliphatic rings. The predicted octanol–water partition coefficient (Wildman–Crippen LogP) is 4.32. The molecule has 3 aromatic rings. The standard InChI is InChI=1S/C22H23BrN4O2S/c1-16(30-22-25-24-20(29-22)18-8-5-9-19(23)14-18)21(28)27-12-10-26(11-13-27)15-17-6-3-2-4-7-17/h2-9,14,16H,10-13,15H2,1H3. The molecule has 1 unspecified atom stereocenters. The van der Waals surface area contributed by atoms with E-state index in [0.29, 0.717) is 11.1 Å². The third-order valence-electron chi connectivity index (χ3n) is 5.04. The van der Waals surface area contributed by atoms with Crippen LogP contribution in [0.15, 0.2) is 68.7 Å². The number of rotatable bonds is 6. The number of nitrogens with zero attached hydrogens (tertiary/aromatic N) is 4. The number of carbonyl (C=O) groups excluding carboxylic acids is 1. The van der Waals surface area contributed by atoms with Crippen molar-refractivity contribution in [2.45, 2.75) is 23.9 Å². The quantitative estimate of drug-likeness (QED) is 0.483. The Morgan fingerprint density at radius 2 is 1.87 bits per heavy atom. The number of amides is 1. The molecule has 0 spiro atoms. The van der Waals surface area contributed by atoms with Crippen LogP contribution in [0.3, 0.4) is 0 Å². The molecule has 156 valence electrons. The van der Waals surface area contributed by atoms with Gasteiger partial charge in [-0.25, -0.2) is 0 Å². The number of hydrogen-bond acceptors (Lipinski definition) is 6. The summed E-state index contributed by atoms with van der Waals surface area (Å²) in [5, 5.41) is 8.35. The van der Waals surface area contributed by atoms with Gasteiger partial charge in [-0.15, -0.1) is 10.2 Å². The Bertz CT molecular complexity index is 990. The average Bonchev–Trinajstić information content (AvgIpc) is 3.23. The summed E-state index contributed by atoms with van der Waals surface area (Å²) >= 11 is 4.76. The van der Waals surface area contributed by atoms with E-state index in [0.717, 1.165) is 42.8 Å². The van der Waals surface area contributed by atoms with Gasteiger partial charge in [0.05, 0.1) is 5.25 Å². The van der Waals surface area contributed by atoms with Gasteiger partial charge in [0, 0.05) is 42.8 Å². The second kappa shape index (κ2) is 9.76. The molecule has 1 saturated heterocycles. The number of thioether (sulfide) groups is 1. The molecule has 0 aliphatic carbocycles. The van der Waals surface area contributed by atoms with E-state index in [1.165, 1.54) is 17.3 Å². The van der Waals surface area contributed by atoms with Gasteiger partial charge in [0.25, 0.3) is 5.22 Å². The summed E-state index contributed by atoms with van der Waals surface area (Å²) in [6.07, 6.45) is 0. The van der Waals surface area contributed by atoms with E-state index in [1.54, 1.807) is 0 Å². The van der Waals surface area contributed by atoms with Crippen LogP contribution in [0.25, 0.3) is 11.5 Å². The molecule has 1 aliphatic heterocycles. The Labute approximate surface area is 188 Å². The van der Waals surface area contributed by atoms with E-state index in [2.05, 4.69) is 55.3 Å². The highest BCUT2D eigenvalue weighted by molar-refractivity contribution is 9.10. The van der Waals surface area contributed by atoms with E-state index in [9.17, 15) is 4.79 Å². The van der Waals surface area contributed by atoms with Gasteiger partial charge in [0.1, 0.15) is 0 Å². The van der Waals surface area contributed by atoms with Crippen LogP contribution in [0, 0.1) is 0 Å². The van der Waals surface area contributed by atoms with Gasteiger partial charge in [0.15, 0.2) is 0 Å². The molecule has 1 amide bonds. The fraction of sp³-hybridized carbons (Fsp3) is 0.318. The minimum Gasteiger partial charge on any atom is -0.411 e. The molecular weight excluding hydrogens is 464 g/mol. The van der Waals surface area contributed by atoms with Gasteiger partial charge in [-0.2, -0.15) is 0 Å². The number of benzene rings is 2. The first-order valence-corrected chi connectivity index (χ1v) is 11.6. The van der Waals surface area contributed by atoms with Crippen molar-refractivity contribution in [1.29, 1.82) is 0 Å². The first-order valence-electron chi connectivity index (χ1n) is 9.89. The van der Waals surface area contributed by atoms with Gasteiger partial charge in [-0.1, -0.05) is 64.1 Å². The fourth-order valence-electron chi connectivity index (χ4n) is 3.42. The lowest BCUT2D eigenvalue weighted by atomic mass is 10.2. The highest BCUT2D eigenvalue weighted by atomic mass is 79.9. The lowest BCUT2D eigenvalue weighted by Gasteiger charge is -2.35. The zero-order chi connectivity index (χ0) is 20.9. The molecule has 4 rings (SSSR count). The summed E-state index contributed by atoms with van der Waals surface area (Å²) in [7, 11) is 0. The maximum Gasteiger partial charge on any atom is 0.277 e. The van der Waals surface area contributed by atoms with Crippen LogP contribution in [-0.4, -0.2) is 57.3 Å². The Morgan fingerprint density at radius 1 is 1.10 bits per heavy atom. The Hall–Kier alpha value is -2.16. The molecule has 2 aromatic carbocycles. The fourth-order valence-corrected chi connectivity index (χ4v) is 4.59. The summed E-state index contributed by atoms with van der Waals surface area (Å²) in [6.45, 7) is 6.06. The minimum absolute atomic E-state index is 0.113. The third-order valence-corrected chi connectivity index (χ3v) is 6.45. The molecule has 0 N–H and O–H groups in total. The third kappa shape index (κ3) is 5.30. The normalized spacial score (nSPS) is 15.9. The number of carbonyl (C=O) groups is 1. The molecule has 2 heterocycles. The Kier molecular flexibility index (Phi) is 6.86. The Balaban J connectivity index is 1.29. The lowest BCUT2D eigenvalue weighted by Crippen LogP contribution is -2.50. The van der Waals surface area contributed by atoms with Gasteiger partial charge in [-0.05, 0) is 30.7 Å². The lowest BCUT2D eigenvalue weighted by molar-refractivity contribution is -0.132. The number of piperazine rings is 1. The second-order valence-corrected chi connectivity index (χ2v) is 9.44. The van der Waals surface area contributed by atoms with Crippen molar-refractivity contribution in [3.8, 4) is 11.5 Å². The maximum atomic E-state index is 12.9.